The lowest BCUT2D eigenvalue weighted by Gasteiger charge is -2.23. The number of hydrogen-bond acceptors (Lipinski definition) is 6. The Kier molecular flexibility index (Phi) is 9.40. The van der Waals surface area contributed by atoms with Crippen molar-refractivity contribution in [3.05, 3.63) is 50.7 Å². The standard InChI is InChI=1S/C23H30F2N4O5/c1-5-6-11-28(19-20(26)29(13-14(2)3)23(32)27-21(19)31)18(30)10-8-15-7-9-16(34-22(24)25)17(12-15)33-4/h7-10,12,14,22H,5-6,11,13,26H2,1-4H3,(H,27,31,32)/b10-8+. The Balaban J connectivity index is 2.44. The highest BCUT2D eigenvalue weighted by Crippen LogP contribution is 2.30. The quantitative estimate of drug-likeness (QED) is 0.477. The number of unbranched alkanes of at least 4 members (excludes halogenated alkanes) is 1. The van der Waals surface area contributed by atoms with Crippen molar-refractivity contribution in [3.63, 3.8) is 0 Å². The molecule has 2 aromatic rings. The molecule has 3 N–H and O–H groups in total. The summed E-state index contributed by atoms with van der Waals surface area (Å²) in [5.41, 5.74) is 5.17. The molecule has 0 fully saturated rings. The maximum Gasteiger partial charge on any atom is 0.387 e. The highest BCUT2D eigenvalue weighted by molar-refractivity contribution is 6.05. The third-order valence-corrected chi connectivity index (χ3v) is 4.86. The first-order valence-corrected chi connectivity index (χ1v) is 10.8. The fraction of sp³-hybridized carbons (Fsp3) is 0.435. The predicted molar refractivity (Wildman–Crippen MR) is 126 cm³/mol. The van der Waals surface area contributed by atoms with E-state index >= 15 is 0 Å². The molecular weight excluding hydrogens is 450 g/mol. The van der Waals surface area contributed by atoms with Gasteiger partial charge in [-0.05, 0) is 36.1 Å². The summed E-state index contributed by atoms with van der Waals surface area (Å²) in [5.74, 6) is -0.621. The Labute approximate surface area is 195 Å². The number of amides is 1. The molecule has 0 saturated heterocycles. The van der Waals surface area contributed by atoms with Crippen molar-refractivity contribution in [3.8, 4) is 11.5 Å². The second-order valence-corrected chi connectivity index (χ2v) is 7.96. The van der Waals surface area contributed by atoms with E-state index in [0.29, 0.717) is 12.0 Å². The van der Waals surface area contributed by atoms with Gasteiger partial charge in [0.2, 0.25) is 0 Å². The van der Waals surface area contributed by atoms with E-state index in [1.807, 2.05) is 20.8 Å². The van der Waals surface area contributed by atoms with Gasteiger partial charge >= 0.3 is 12.3 Å². The van der Waals surface area contributed by atoms with Crippen LogP contribution in [0.1, 0.15) is 39.2 Å². The van der Waals surface area contributed by atoms with Crippen LogP contribution in [0.3, 0.4) is 0 Å². The lowest BCUT2D eigenvalue weighted by molar-refractivity contribution is -0.114. The summed E-state index contributed by atoms with van der Waals surface area (Å²) in [4.78, 5) is 41.5. The fourth-order valence-electron chi connectivity index (χ4n) is 3.27. The number of halogens is 2. The molecule has 2 rings (SSSR count). The fourth-order valence-corrected chi connectivity index (χ4v) is 3.27. The van der Waals surface area contributed by atoms with Gasteiger partial charge in [-0.3, -0.25) is 19.1 Å². The van der Waals surface area contributed by atoms with E-state index in [1.54, 1.807) is 0 Å². The number of ether oxygens (including phenoxy) is 2. The van der Waals surface area contributed by atoms with Crippen LogP contribution in [0, 0.1) is 5.92 Å². The van der Waals surface area contributed by atoms with Crippen LogP contribution in [0.15, 0.2) is 33.9 Å². The van der Waals surface area contributed by atoms with Gasteiger partial charge in [0.1, 0.15) is 5.82 Å². The summed E-state index contributed by atoms with van der Waals surface area (Å²) in [6, 6.07) is 4.21. The van der Waals surface area contributed by atoms with Gasteiger partial charge in [0, 0.05) is 19.2 Å². The summed E-state index contributed by atoms with van der Waals surface area (Å²) < 4.78 is 35.8. The Bertz CT molecular complexity index is 1140. The lowest BCUT2D eigenvalue weighted by atomic mass is 10.1. The molecule has 1 heterocycles. The Morgan fingerprint density at radius 3 is 2.56 bits per heavy atom. The molecule has 0 aliphatic carbocycles. The molecule has 0 aliphatic rings. The van der Waals surface area contributed by atoms with Gasteiger partial charge in [-0.15, -0.1) is 0 Å². The number of anilines is 2. The van der Waals surface area contributed by atoms with E-state index in [4.69, 9.17) is 10.5 Å². The number of methoxy groups -OCH3 is 1. The Hall–Kier alpha value is -3.63. The van der Waals surface area contributed by atoms with Gasteiger partial charge in [-0.2, -0.15) is 8.78 Å². The molecule has 186 valence electrons. The molecule has 1 aromatic heterocycles. The van der Waals surface area contributed by atoms with E-state index in [-0.39, 0.29) is 42.0 Å². The molecule has 0 aliphatic heterocycles. The van der Waals surface area contributed by atoms with Crippen LogP contribution in [0.25, 0.3) is 6.08 Å². The monoisotopic (exact) mass is 480 g/mol. The number of nitrogens with two attached hydrogens (primary N) is 1. The number of carbonyl (C=O) groups is 1. The summed E-state index contributed by atoms with van der Waals surface area (Å²) >= 11 is 0. The van der Waals surface area contributed by atoms with Crippen molar-refractivity contribution >= 4 is 23.5 Å². The Morgan fingerprint density at radius 2 is 1.97 bits per heavy atom. The van der Waals surface area contributed by atoms with Gasteiger partial charge in [-0.25, -0.2) is 4.79 Å². The number of aromatic nitrogens is 2. The molecule has 11 heteroatoms. The smallest absolute Gasteiger partial charge is 0.387 e. The zero-order valence-electron chi connectivity index (χ0n) is 19.6. The van der Waals surface area contributed by atoms with Crippen molar-refractivity contribution in [2.45, 2.75) is 46.8 Å². The summed E-state index contributed by atoms with van der Waals surface area (Å²) in [7, 11) is 1.31. The second kappa shape index (κ2) is 12.0. The first-order chi connectivity index (χ1) is 16.1. The number of aromatic amines is 1. The largest absolute Gasteiger partial charge is 0.493 e. The second-order valence-electron chi connectivity index (χ2n) is 7.96. The van der Waals surface area contributed by atoms with E-state index in [0.717, 1.165) is 6.42 Å². The third-order valence-electron chi connectivity index (χ3n) is 4.86. The van der Waals surface area contributed by atoms with Crippen LogP contribution >= 0.6 is 0 Å². The number of benzene rings is 1. The van der Waals surface area contributed by atoms with Crippen molar-refractivity contribution in [2.75, 3.05) is 24.3 Å². The predicted octanol–water partition coefficient (Wildman–Crippen LogP) is 3.23. The van der Waals surface area contributed by atoms with E-state index < -0.39 is 23.8 Å². The van der Waals surface area contributed by atoms with Crippen LogP contribution in [-0.2, 0) is 11.3 Å². The average Bonchev–Trinajstić information content (AvgIpc) is 2.77. The SMILES string of the molecule is CCCCN(C(=O)/C=C/c1ccc(OC(F)F)c(OC)c1)c1c(N)n(CC(C)C)c(=O)[nH]c1=O. The topological polar surface area (TPSA) is 120 Å². The minimum atomic E-state index is -3.01. The van der Waals surface area contributed by atoms with Crippen LogP contribution in [-0.4, -0.2) is 35.7 Å². The van der Waals surface area contributed by atoms with Gasteiger partial charge in [0.15, 0.2) is 17.2 Å². The van der Waals surface area contributed by atoms with Crippen molar-refractivity contribution in [2.24, 2.45) is 5.92 Å². The number of H-pyrrole nitrogens is 1. The van der Waals surface area contributed by atoms with Gasteiger partial charge in [0.25, 0.3) is 11.5 Å². The number of nitrogen functional groups attached to an aromatic ring is 1. The maximum absolute atomic E-state index is 13.1. The van der Waals surface area contributed by atoms with E-state index in [2.05, 4.69) is 9.72 Å². The number of alkyl halides is 2. The van der Waals surface area contributed by atoms with Gasteiger partial charge in [-0.1, -0.05) is 33.3 Å². The molecule has 9 nitrogen and oxygen atoms in total. The molecule has 34 heavy (non-hydrogen) atoms. The van der Waals surface area contributed by atoms with E-state index in [9.17, 15) is 23.2 Å². The number of rotatable bonds is 11. The minimum Gasteiger partial charge on any atom is -0.493 e. The Morgan fingerprint density at radius 1 is 1.26 bits per heavy atom. The van der Waals surface area contributed by atoms with Crippen LogP contribution in [0.4, 0.5) is 20.3 Å². The van der Waals surface area contributed by atoms with Crippen molar-refractivity contribution < 1.29 is 23.0 Å². The molecule has 1 amide bonds. The first-order valence-electron chi connectivity index (χ1n) is 10.8. The van der Waals surface area contributed by atoms with Crippen molar-refractivity contribution in [1.29, 1.82) is 0 Å². The normalized spacial score (nSPS) is 11.4. The third kappa shape index (κ3) is 6.69. The molecular formula is C23H30F2N4O5. The minimum absolute atomic E-state index is 0.0687. The molecule has 1 aromatic carbocycles. The van der Waals surface area contributed by atoms with Crippen LogP contribution in [0.2, 0.25) is 0 Å². The first kappa shape index (κ1) is 26.6. The van der Waals surface area contributed by atoms with E-state index in [1.165, 1.54) is 46.9 Å². The number of carbonyl (C=O) groups excluding carboxylic acids is 1. The molecule has 0 bridgehead atoms. The highest BCUT2D eigenvalue weighted by atomic mass is 19.3. The lowest BCUT2D eigenvalue weighted by Crippen LogP contribution is -2.41. The molecule has 0 spiro atoms. The molecule has 0 radical (unpaired) electrons. The number of nitrogens with zero attached hydrogens (tertiary/aromatic N) is 2. The van der Waals surface area contributed by atoms with Crippen LogP contribution < -0.4 is 31.4 Å². The molecule has 0 saturated carbocycles. The average molecular weight is 481 g/mol. The summed E-state index contributed by atoms with van der Waals surface area (Å²) in [6.45, 7) is 3.19. The number of hydrogen-bond donors (Lipinski definition) is 2. The maximum atomic E-state index is 13.1. The van der Waals surface area contributed by atoms with Gasteiger partial charge < -0.3 is 20.1 Å². The van der Waals surface area contributed by atoms with Gasteiger partial charge in [0.05, 0.1) is 7.11 Å². The van der Waals surface area contributed by atoms with Crippen LogP contribution in [0.5, 0.6) is 11.5 Å². The number of nitrogens with one attached hydrogen (secondary N) is 1. The summed E-state index contributed by atoms with van der Waals surface area (Å²) in [5, 5.41) is 0. The molecule has 0 unspecified atom stereocenters. The highest BCUT2D eigenvalue weighted by Gasteiger charge is 2.23. The molecule has 0 atom stereocenters. The summed E-state index contributed by atoms with van der Waals surface area (Å²) in [6.07, 6.45) is 4.02. The zero-order valence-corrected chi connectivity index (χ0v) is 19.6. The van der Waals surface area contributed by atoms with Crippen molar-refractivity contribution in [1.82, 2.24) is 9.55 Å². The zero-order chi connectivity index (χ0) is 25.4.